The normalized spacial score (nSPS) is 21.4. The fraction of sp³-hybridized carbons (Fsp3) is 0.591. The number of carbonyl (C=O) groups excluding carboxylic acids is 1. The van der Waals surface area contributed by atoms with E-state index < -0.39 is 0 Å². The average Bonchev–Trinajstić information content (AvgIpc) is 3.36. The second-order valence-corrected chi connectivity index (χ2v) is 8.19. The summed E-state index contributed by atoms with van der Waals surface area (Å²) in [5.74, 6) is 2.09. The zero-order valence-electron chi connectivity index (χ0n) is 16.9. The Balaban J connectivity index is 1.30. The standard InChI is InChI=1S/C22H30N4O2/c1-3-20-21(16(2)28-24-20)22(27)26-12-8-19(15-26)18-6-10-25(11-7-18)14-17-5-4-9-23-13-17/h4-5,9,13,18-19H,3,6-8,10-12,14-15H2,1-2H3/t19-/m1/s1. The fourth-order valence-electron chi connectivity index (χ4n) is 4.78. The number of aromatic nitrogens is 2. The number of rotatable bonds is 5. The number of hydrogen-bond acceptors (Lipinski definition) is 5. The van der Waals surface area contributed by atoms with Gasteiger partial charge in [-0.2, -0.15) is 0 Å². The summed E-state index contributed by atoms with van der Waals surface area (Å²) in [5.41, 5.74) is 2.76. The van der Waals surface area contributed by atoms with E-state index in [0.29, 0.717) is 17.2 Å². The Kier molecular flexibility index (Phi) is 5.76. The molecule has 2 aliphatic rings. The van der Waals surface area contributed by atoms with Crippen LogP contribution in [0.5, 0.6) is 0 Å². The van der Waals surface area contributed by atoms with Gasteiger partial charge in [-0.3, -0.25) is 14.7 Å². The molecule has 1 atom stereocenters. The molecule has 28 heavy (non-hydrogen) atoms. The van der Waals surface area contributed by atoms with Crippen molar-refractivity contribution in [3.8, 4) is 0 Å². The average molecular weight is 383 g/mol. The van der Waals surface area contributed by atoms with Crippen molar-refractivity contribution in [1.29, 1.82) is 0 Å². The molecule has 0 aliphatic carbocycles. The van der Waals surface area contributed by atoms with Crippen LogP contribution in [0.25, 0.3) is 0 Å². The van der Waals surface area contributed by atoms with E-state index in [2.05, 4.69) is 21.1 Å². The van der Waals surface area contributed by atoms with Gasteiger partial charge in [0.15, 0.2) is 0 Å². The summed E-state index contributed by atoms with van der Waals surface area (Å²) in [7, 11) is 0. The highest BCUT2D eigenvalue weighted by atomic mass is 16.5. The van der Waals surface area contributed by atoms with Gasteiger partial charge in [0.1, 0.15) is 11.3 Å². The molecule has 0 bridgehead atoms. The molecular weight excluding hydrogens is 352 g/mol. The molecule has 4 heterocycles. The van der Waals surface area contributed by atoms with Crippen molar-refractivity contribution >= 4 is 5.91 Å². The molecule has 2 aliphatic heterocycles. The van der Waals surface area contributed by atoms with Gasteiger partial charge in [-0.05, 0) is 69.2 Å². The Hall–Kier alpha value is -2.21. The van der Waals surface area contributed by atoms with Gasteiger partial charge < -0.3 is 9.42 Å². The van der Waals surface area contributed by atoms with Crippen LogP contribution in [0, 0.1) is 18.8 Å². The Labute approximate surface area is 166 Å². The van der Waals surface area contributed by atoms with Crippen LogP contribution in [-0.2, 0) is 13.0 Å². The number of piperidine rings is 1. The predicted octanol–water partition coefficient (Wildman–Crippen LogP) is 3.31. The second kappa shape index (κ2) is 8.43. The van der Waals surface area contributed by atoms with E-state index in [1.807, 2.05) is 37.2 Å². The summed E-state index contributed by atoms with van der Waals surface area (Å²) in [6, 6.07) is 4.16. The number of nitrogens with zero attached hydrogens (tertiary/aromatic N) is 4. The van der Waals surface area contributed by atoms with Crippen molar-refractivity contribution in [2.75, 3.05) is 26.2 Å². The minimum Gasteiger partial charge on any atom is -0.361 e. The van der Waals surface area contributed by atoms with Gasteiger partial charge in [0.05, 0.1) is 5.69 Å². The number of pyridine rings is 1. The minimum absolute atomic E-state index is 0.104. The van der Waals surface area contributed by atoms with Crippen LogP contribution in [0.3, 0.4) is 0 Å². The smallest absolute Gasteiger partial charge is 0.259 e. The Morgan fingerprint density at radius 2 is 2.00 bits per heavy atom. The van der Waals surface area contributed by atoms with E-state index in [4.69, 9.17) is 4.52 Å². The lowest BCUT2D eigenvalue weighted by Crippen LogP contribution is -2.37. The van der Waals surface area contributed by atoms with Gasteiger partial charge in [-0.25, -0.2) is 0 Å². The van der Waals surface area contributed by atoms with E-state index in [9.17, 15) is 4.79 Å². The number of amides is 1. The van der Waals surface area contributed by atoms with Crippen LogP contribution >= 0.6 is 0 Å². The largest absolute Gasteiger partial charge is 0.361 e. The molecule has 0 radical (unpaired) electrons. The topological polar surface area (TPSA) is 62.5 Å². The summed E-state index contributed by atoms with van der Waals surface area (Å²) in [5, 5.41) is 4.05. The van der Waals surface area contributed by atoms with E-state index >= 15 is 0 Å². The first-order valence-corrected chi connectivity index (χ1v) is 10.5. The summed E-state index contributed by atoms with van der Waals surface area (Å²) in [6.45, 7) is 8.84. The van der Waals surface area contributed by atoms with Crippen LogP contribution < -0.4 is 0 Å². The van der Waals surface area contributed by atoms with Crippen molar-refractivity contribution in [2.24, 2.45) is 11.8 Å². The molecule has 0 spiro atoms. The lowest BCUT2D eigenvalue weighted by molar-refractivity contribution is 0.0770. The molecule has 150 valence electrons. The Morgan fingerprint density at radius 3 is 2.71 bits per heavy atom. The van der Waals surface area contributed by atoms with Crippen LogP contribution in [0.15, 0.2) is 29.0 Å². The van der Waals surface area contributed by atoms with Crippen molar-refractivity contribution in [2.45, 2.75) is 46.1 Å². The van der Waals surface area contributed by atoms with Gasteiger partial charge in [-0.1, -0.05) is 18.1 Å². The maximum atomic E-state index is 13.0. The lowest BCUT2D eigenvalue weighted by atomic mass is 9.83. The molecule has 0 aromatic carbocycles. The zero-order valence-corrected chi connectivity index (χ0v) is 16.9. The molecule has 4 rings (SSSR count). The van der Waals surface area contributed by atoms with Gasteiger partial charge in [0.25, 0.3) is 5.91 Å². The Bertz CT molecular complexity index is 796. The fourth-order valence-corrected chi connectivity index (χ4v) is 4.78. The molecule has 2 saturated heterocycles. The van der Waals surface area contributed by atoms with Gasteiger partial charge in [0, 0.05) is 32.0 Å². The van der Waals surface area contributed by atoms with Gasteiger partial charge in [0.2, 0.25) is 0 Å². The molecule has 2 fully saturated rings. The molecule has 6 heteroatoms. The second-order valence-electron chi connectivity index (χ2n) is 8.19. The van der Waals surface area contributed by atoms with E-state index in [1.165, 1.54) is 18.4 Å². The summed E-state index contributed by atoms with van der Waals surface area (Å²) in [6.07, 6.45) is 8.08. The highest BCUT2D eigenvalue weighted by molar-refractivity contribution is 5.96. The lowest BCUT2D eigenvalue weighted by Gasteiger charge is -2.34. The van der Waals surface area contributed by atoms with Crippen molar-refractivity contribution < 1.29 is 9.32 Å². The molecule has 2 aromatic heterocycles. The van der Waals surface area contributed by atoms with E-state index in [0.717, 1.165) is 57.2 Å². The van der Waals surface area contributed by atoms with Gasteiger partial charge in [-0.15, -0.1) is 0 Å². The number of carbonyl (C=O) groups is 1. The number of aryl methyl sites for hydroxylation is 2. The predicted molar refractivity (Wildman–Crippen MR) is 107 cm³/mol. The first kappa shape index (κ1) is 19.1. The third-order valence-corrected chi connectivity index (χ3v) is 6.42. The minimum atomic E-state index is 0.104. The van der Waals surface area contributed by atoms with Crippen LogP contribution in [0.4, 0.5) is 0 Å². The molecule has 2 aromatic rings. The summed E-state index contributed by atoms with van der Waals surface area (Å²) >= 11 is 0. The molecule has 0 unspecified atom stereocenters. The summed E-state index contributed by atoms with van der Waals surface area (Å²) < 4.78 is 5.26. The van der Waals surface area contributed by atoms with Crippen molar-refractivity contribution in [3.63, 3.8) is 0 Å². The highest BCUT2D eigenvalue weighted by Crippen LogP contribution is 2.33. The third-order valence-electron chi connectivity index (χ3n) is 6.42. The molecule has 0 N–H and O–H groups in total. The van der Waals surface area contributed by atoms with Crippen molar-refractivity contribution in [3.05, 3.63) is 47.1 Å². The van der Waals surface area contributed by atoms with Crippen molar-refractivity contribution in [1.82, 2.24) is 19.9 Å². The first-order valence-electron chi connectivity index (χ1n) is 10.5. The monoisotopic (exact) mass is 382 g/mol. The third kappa shape index (κ3) is 3.97. The first-order chi connectivity index (χ1) is 13.7. The maximum Gasteiger partial charge on any atom is 0.259 e. The van der Waals surface area contributed by atoms with Crippen LogP contribution in [0.1, 0.15) is 53.6 Å². The van der Waals surface area contributed by atoms with Crippen LogP contribution in [0.2, 0.25) is 0 Å². The quantitative estimate of drug-likeness (QED) is 0.794. The Morgan fingerprint density at radius 1 is 1.21 bits per heavy atom. The van der Waals surface area contributed by atoms with E-state index in [1.54, 1.807) is 0 Å². The molecule has 0 saturated carbocycles. The highest BCUT2D eigenvalue weighted by Gasteiger charge is 2.35. The van der Waals surface area contributed by atoms with Crippen LogP contribution in [-0.4, -0.2) is 52.0 Å². The number of hydrogen-bond donors (Lipinski definition) is 0. The number of likely N-dealkylation sites (tertiary alicyclic amines) is 2. The van der Waals surface area contributed by atoms with Gasteiger partial charge >= 0.3 is 0 Å². The maximum absolute atomic E-state index is 13.0. The molecule has 6 nitrogen and oxygen atoms in total. The van der Waals surface area contributed by atoms with E-state index in [-0.39, 0.29) is 5.91 Å². The summed E-state index contributed by atoms with van der Waals surface area (Å²) in [4.78, 5) is 21.8. The SMILES string of the molecule is CCc1noc(C)c1C(=O)N1CC[C@@H](C2CCN(Cc3cccnc3)CC2)C1. The zero-order chi connectivity index (χ0) is 19.5. The molecular formula is C22H30N4O2. The molecule has 1 amide bonds.